The van der Waals surface area contributed by atoms with E-state index in [2.05, 4.69) is 93.5 Å². The Morgan fingerprint density at radius 1 is 1.05 bits per heavy atom. The van der Waals surface area contributed by atoms with E-state index in [4.69, 9.17) is 0 Å². The Labute approximate surface area is 131 Å². The Morgan fingerprint density at radius 3 is 2.42 bits per heavy atom. The number of aryl methyl sites for hydroxylation is 1. The second-order valence-electron chi connectivity index (χ2n) is 4.86. The van der Waals surface area contributed by atoms with Gasteiger partial charge >= 0.3 is 0 Å². The van der Waals surface area contributed by atoms with Gasteiger partial charge < -0.3 is 5.32 Å². The molecule has 0 spiro atoms. The van der Waals surface area contributed by atoms with Gasteiger partial charge in [-0.15, -0.1) is 0 Å². The zero-order chi connectivity index (χ0) is 13.8. The number of nitrogens with one attached hydrogen (secondary N) is 1. The maximum Gasteiger partial charge on any atom is 0.0489 e. The van der Waals surface area contributed by atoms with Gasteiger partial charge in [0, 0.05) is 20.7 Å². The highest BCUT2D eigenvalue weighted by Crippen LogP contribution is 2.24. The molecule has 0 amide bonds. The second kappa shape index (κ2) is 6.58. The second-order valence-corrected chi connectivity index (χ2v) is 6.63. The minimum Gasteiger partial charge on any atom is -0.381 e. The van der Waals surface area contributed by atoms with E-state index >= 15 is 0 Å². The molecule has 0 saturated heterocycles. The number of benzene rings is 2. The highest BCUT2D eigenvalue weighted by Gasteiger charge is 2.06. The molecule has 0 aromatic heterocycles. The average molecular weight is 383 g/mol. The van der Waals surface area contributed by atoms with Gasteiger partial charge in [-0.2, -0.15) is 0 Å². The smallest absolute Gasteiger partial charge is 0.0489 e. The summed E-state index contributed by atoms with van der Waals surface area (Å²) in [6, 6.07) is 15.2. The predicted molar refractivity (Wildman–Crippen MR) is 89.8 cm³/mol. The quantitative estimate of drug-likeness (QED) is 0.729. The highest BCUT2D eigenvalue weighted by molar-refractivity contribution is 9.10. The van der Waals surface area contributed by atoms with E-state index in [0.717, 1.165) is 21.1 Å². The summed E-state index contributed by atoms with van der Waals surface area (Å²) >= 11 is 7.05. The number of anilines is 1. The molecule has 0 heterocycles. The van der Waals surface area contributed by atoms with Crippen LogP contribution in [0.15, 0.2) is 51.4 Å². The van der Waals surface area contributed by atoms with Gasteiger partial charge in [-0.05, 0) is 71.6 Å². The molecule has 1 atom stereocenters. The number of rotatable bonds is 4. The first-order valence-corrected chi connectivity index (χ1v) is 7.90. The molecule has 0 aliphatic heterocycles. The topological polar surface area (TPSA) is 12.0 Å². The van der Waals surface area contributed by atoms with Crippen molar-refractivity contribution in [1.29, 1.82) is 0 Å². The lowest BCUT2D eigenvalue weighted by Gasteiger charge is -2.17. The van der Waals surface area contributed by atoms with Crippen molar-refractivity contribution in [3.63, 3.8) is 0 Å². The monoisotopic (exact) mass is 381 g/mol. The van der Waals surface area contributed by atoms with Crippen molar-refractivity contribution in [2.75, 3.05) is 5.32 Å². The van der Waals surface area contributed by atoms with Crippen LogP contribution in [-0.4, -0.2) is 6.04 Å². The van der Waals surface area contributed by atoms with Crippen LogP contribution < -0.4 is 5.32 Å². The first-order valence-electron chi connectivity index (χ1n) is 6.32. The summed E-state index contributed by atoms with van der Waals surface area (Å²) in [6.07, 6.45) is 1.01. The number of hydrogen-bond acceptors (Lipinski definition) is 1. The molecule has 0 radical (unpaired) electrons. The van der Waals surface area contributed by atoms with E-state index < -0.39 is 0 Å². The van der Waals surface area contributed by atoms with Gasteiger partial charge in [0.2, 0.25) is 0 Å². The van der Waals surface area contributed by atoms with Crippen LogP contribution in [0.25, 0.3) is 0 Å². The Balaban J connectivity index is 2.02. The normalized spacial score (nSPS) is 12.2. The van der Waals surface area contributed by atoms with E-state index in [0.29, 0.717) is 6.04 Å². The van der Waals surface area contributed by atoms with Gasteiger partial charge in [0.05, 0.1) is 0 Å². The van der Waals surface area contributed by atoms with Crippen molar-refractivity contribution < 1.29 is 0 Å². The van der Waals surface area contributed by atoms with Crippen molar-refractivity contribution in [2.24, 2.45) is 0 Å². The summed E-state index contributed by atoms with van der Waals surface area (Å²) in [5.74, 6) is 0. The third-order valence-electron chi connectivity index (χ3n) is 2.98. The molecule has 2 aromatic carbocycles. The summed E-state index contributed by atoms with van der Waals surface area (Å²) in [5, 5.41) is 3.56. The predicted octanol–water partition coefficient (Wildman–Crippen LogP) is 5.56. The summed E-state index contributed by atoms with van der Waals surface area (Å²) < 4.78 is 2.24. The fraction of sp³-hybridized carbons (Fsp3) is 0.250. The maximum absolute atomic E-state index is 3.59. The molecule has 1 nitrogen and oxygen atoms in total. The van der Waals surface area contributed by atoms with Crippen molar-refractivity contribution >= 4 is 37.5 Å². The largest absolute Gasteiger partial charge is 0.381 e. The van der Waals surface area contributed by atoms with Crippen LogP contribution in [-0.2, 0) is 6.42 Å². The molecule has 19 heavy (non-hydrogen) atoms. The molecule has 1 unspecified atom stereocenters. The number of halogens is 2. The van der Waals surface area contributed by atoms with Crippen molar-refractivity contribution in [3.8, 4) is 0 Å². The van der Waals surface area contributed by atoms with Gasteiger partial charge in [0.1, 0.15) is 0 Å². The van der Waals surface area contributed by atoms with E-state index in [-0.39, 0.29) is 0 Å². The van der Waals surface area contributed by atoms with Crippen LogP contribution in [0, 0.1) is 6.92 Å². The Kier molecular flexibility index (Phi) is 5.06. The molecule has 0 aliphatic carbocycles. The van der Waals surface area contributed by atoms with E-state index in [1.54, 1.807) is 0 Å². The third-order valence-corrected chi connectivity index (χ3v) is 4.20. The summed E-state index contributed by atoms with van der Waals surface area (Å²) in [7, 11) is 0. The fourth-order valence-electron chi connectivity index (χ4n) is 2.04. The number of hydrogen-bond donors (Lipinski definition) is 1. The molecule has 1 N–H and O–H groups in total. The van der Waals surface area contributed by atoms with Crippen LogP contribution in [0.3, 0.4) is 0 Å². The van der Waals surface area contributed by atoms with Crippen LogP contribution in [0.4, 0.5) is 5.69 Å². The van der Waals surface area contributed by atoms with Crippen LogP contribution >= 0.6 is 31.9 Å². The van der Waals surface area contributed by atoms with Gasteiger partial charge in [0.25, 0.3) is 0 Å². The molecule has 0 aliphatic rings. The third kappa shape index (κ3) is 4.36. The molecule has 100 valence electrons. The van der Waals surface area contributed by atoms with Crippen molar-refractivity contribution in [1.82, 2.24) is 0 Å². The van der Waals surface area contributed by atoms with Crippen molar-refractivity contribution in [3.05, 3.63) is 62.5 Å². The zero-order valence-electron chi connectivity index (χ0n) is 11.1. The minimum atomic E-state index is 0.388. The molecule has 0 bridgehead atoms. The van der Waals surface area contributed by atoms with Crippen LogP contribution in [0.5, 0.6) is 0 Å². The molecule has 0 saturated carbocycles. The first-order chi connectivity index (χ1) is 9.04. The van der Waals surface area contributed by atoms with E-state index in [1.807, 2.05) is 0 Å². The SMILES string of the molecule is Cc1ccc(Br)c(NC(C)Cc2ccc(Br)cc2)c1. The Hall–Kier alpha value is -0.800. The van der Waals surface area contributed by atoms with Crippen molar-refractivity contribution in [2.45, 2.75) is 26.3 Å². The Morgan fingerprint density at radius 2 is 1.74 bits per heavy atom. The zero-order valence-corrected chi connectivity index (χ0v) is 14.3. The van der Waals surface area contributed by atoms with E-state index in [1.165, 1.54) is 11.1 Å². The van der Waals surface area contributed by atoms with Crippen LogP contribution in [0.1, 0.15) is 18.1 Å². The molecule has 2 aromatic rings. The molecular weight excluding hydrogens is 366 g/mol. The molecule has 0 fully saturated rings. The summed E-state index contributed by atoms with van der Waals surface area (Å²) in [6.45, 7) is 4.31. The lowest BCUT2D eigenvalue weighted by molar-refractivity contribution is 0.789. The standard InChI is InChI=1S/C16H17Br2N/c1-11-3-8-15(18)16(9-11)19-12(2)10-13-4-6-14(17)7-5-13/h3-9,12,19H,10H2,1-2H3. The maximum atomic E-state index is 3.59. The fourth-order valence-corrected chi connectivity index (χ4v) is 2.67. The Bertz CT molecular complexity index is 549. The van der Waals surface area contributed by atoms with Gasteiger partial charge in [-0.3, -0.25) is 0 Å². The molecular formula is C16H17Br2N. The minimum absolute atomic E-state index is 0.388. The first kappa shape index (κ1) is 14.6. The van der Waals surface area contributed by atoms with Crippen LogP contribution in [0.2, 0.25) is 0 Å². The van der Waals surface area contributed by atoms with Gasteiger partial charge in [0.15, 0.2) is 0 Å². The average Bonchev–Trinajstić information content (AvgIpc) is 2.37. The van der Waals surface area contributed by atoms with E-state index in [9.17, 15) is 0 Å². The summed E-state index contributed by atoms with van der Waals surface area (Å²) in [5.41, 5.74) is 3.76. The molecule has 3 heteroatoms. The van der Waals surface area contributed by atoms with Gasteiger partial charge in [-0.1, -0.05) is 34.1 Å². The highest BCUT2D eigenvalue weighted by atomic mass is 79.9. The molecule has 2 rings (SSSR count). The lowest BCUT2D eigenvalue weighted by Crippen LogP contribution is -2.18. The van der Waals surface area contributed by atoms with Gasteiger partial charge in [-0.25, -0.2) is 0 Å². The summed E-state index contributed by atoms with van der Waals surface area (Å²) in [4.78, 5) is 0. The lowest BCUT2D eigenvalue weighted by atomic mass is 10.1.